The third-order valence-corrected chi connectivity index (χ3v) is 2.01. The normalized spacial score (nSPS) is 28.8. The molecular formula is C8H16N2O2. The van der Waals surface area contributed by atoms with Gasteiger partial charge in [0.1, 0.15) is 0 Å². The second-order valence-corrected chi connectivity index (χ2v) is 3.15. The van der Waals surface area contributed by atoms with Crippen molar-refractivity contribution < 1.29 is 9.90 Å². The van der Waals surface area contributed by atoms with Gasteiger partial charge in [-0.3, -0.25) is 4.79 Å². The van der Waals surface area contributed by atoms with E-state index in [0.29, 0.717) is 19.5 Å². The van der Waals surface area contributed by atoms with Crippen LogP contribution in [-0.4, -0.2) is 36.2 Å². The van der Waals surface area contributed by atoms with Crippen LogP contribution in [0.3, 0.4) is 0 Å². The topological polar surface area (TPSA) is 61.4 Å². The Bertz CT molecular complexity index is 161. The molecule has 0 bridgehead atoms. The second-order valence-electron chi connectivity index (χ2n) is 3.15. The van der Waals surface area contributed by atoms with Crippen molar-refractivity contribution in [3.05, 3.63) is 0 Å². The van der Waals surface area contributed by atoms with Crippen LogP contribution in [0.5, 0.6) is 0 Å². The molecule has 0 radical (unpaired) electrons. The summed E-state index contributed by atoms with van der Waals surface area (Å²) in [5, 5.41) is 15.1. The molecule has 1 fully saturated rings. The summed E-state index contributed by atoms with van der Waals surface area (Å²) in [6.07, 6.45) is 0.969. The van der Waals surface area contributed by atoms with Crippen molar-refractivity contribution in [1.29, 1.82) is 0 Å². The molecule has 0 aromatic rings. The van der Waals surface area contributed by atoms with E-state index in [9.17, 15) is 9.90 Å². The van der Waals surface area contributed by atoms with Crippen molar-refractivity contribution in [3.63, 3.8) is 0 Å². The Hall–Kier alpha value is -0.610. The van der Waals surface area contributed by atoms with Crippen LogP contribution < -0.4 is 10.6 Å². The van der Waals surface area contributed by atoms with Gasteiger partial charge in [0.2, 0.25) is 5.91 Å². The van der Waals surface area contributed by atoms with Gasteiger partial charge in [-0.2, -0.15) is 0 Å². The van der Waals surface area contributed by atoms with Gasteiger partial charge in [-0.05, 0) is 6.42 Å². The van der Waals surface area contributed by atoms with Crippen LogP contribution in [0.15, 0.2) is 0 Å². The predicted octanol–water partition coefficient (Wildman–Crippen LogP) is -0.765. The SMILES string of the molecule is CCCC(=O)NC1CNCC1O. The van der Waals surface area contributed by atoms with Crippen LogP contribution in [-0.2, 0) is 4.79 Å². The molecule has 3 N–H and O–H groups in total. The Morgan fingerprint density at radius 2 is 2.42 bits per heavy atom. The average Bonchev–Trinajstić information content (AvgIpc) is 2.37. The maximum Gasteiger partial charge on any atom is 0.220 e. The molecule has 70 valence electrons. The van der Waals surface area contributed by atoms with E-state index >= 15 is 0 Å². The van der Waals surface area contributed by atoms with E-state index in [-0.39, 0.29) is 11.9 Å². The summed E-state index contributed by atoms with van der Waals surface area (Å²) in [7, 11) is 0. The van der Waals surface area contributed by atoms with Gasteiger partial charge in [0.05, 0.1) is 12.1 Å². The second kappa shape index (κ2) is 4.42. The number of aliphatic hydroxyl groups excluding tert-OH is 1. The number of carbonyl (C=O) groups excluding carboxylic acids is 1. The van der Waals surface area contributed by atoms with E-state index in [0.717, 1.165) is 6.42 Å². The van der Waals surface area contributed by atoms with Gasteiger partial charge in [-0.1, -0.05) is 6.92 Å². The van der Waals surface area contributed by atoms with Crippen molar-refractivity contribution in [3.8, 4) is 0 Å². The van der Waals surface area contributed by atoms with Crippen LogP contribution in [0.25, 0.3) is 0 Å². The fourth-order valence-electron chi connectivity index (χ4n) is 1.32. The first-order valence-electron chi connectivity index (χ1n) is 4.42. The fourth-order valence-corrected chi connectivity index (χ4v) is 1.32. The number of rotatable bonds is 3. The van der Waals surface area contributed by atoms with E-state index in [2.05, 4.69) is 10.6 Å². The molecule has 1 rings (SSSR count). The molecule has 12 heavy (non-hydrogen) atoms. The molecular weight excluding hydrogens is 156 g/mol. The number of carbonyl (C=O) groups is 1. The Morgan fingerprint density at radius 3 is 2.92 bits per heavy atom. The van der Waals surface area contributed by atoms with Gasteiger partial charge in [-0.25, -0.2) is 0 Å². The van der Waals surface area contributed by atoms with Crippen molar-refractivity contribution in [1.82, 2.24) is 10.6 Å². The predicted molar refractivity (Wildman–Crippen MR) is 45.7 cm³/mol. The standard InChI is InChI=1S/C8H16N2O2/c1-2-3-8(12)10-6-4-9-5-7(6)11/h6-7,9,11H,2-5H2,1H3,(H,10,12). The lowest BCUT2D eigenvalue weighted by atomic mass is 10.2. The summed E-state index contributed by atoms with van der Waals surface area (Å²) in [5.41, 5.74) is 0. The third kappa shape index (κ3) is 2.46. The van der Waals surface area contributed by atoms with Crippen molar-refractivity contribution in [2.75, 3.05) is 13.1 Å². The summed E-state index contributed by atoms with van der Waals surface area (Å²) >= 11 is 0. The highest BCUT2D eigenvalue weighted by molar-refractivity contribution is 5.76. The Balaban J connectivity index is 2.25. The van der Waals surface area contributed by atoms with Gasteiger partial charge in [0.25, 0.3) is 0 Å². The third-order valence-electron chi connectivity index (χ3n) is 2.01. The largest absolute Gasteiger partial charge is 0.390 e. The first-order valence-corrected chi connectivity index (χ1v) is 4.42. The van der Waals surface area contributed by atoms with Crippen LogP contribution in [0.1, 0.15) is 19.8 Å². The van der Waals surface area contributed by atoms with E-state index in [1.54, 1.807) is 0 Å². The van der Waals surface area contributed by atoms with Gasteiger partial charge < -0.3 is 15.7 Å². The van der Waals surface area contributed by atoms with Crippen molar-refractivity contribution in [2.45, 2.75) is 31.9 Å². The van der Waals surface area contributed by atoms with Gasteiger partial charge >= 0.3 is 0 Å². The smallest absolute Gasteiger partial charge is 0.220 e. The molecule has 1 amide bonds. The molecule has 4 heteroatoms. The highest BCUT2D eigenvalue weighted by atomic mass is 16.3. The van der Waals surface area contributed by atoms with Crippen molar-refractivity contribution in [2.24, 2.45) is 0 Å². The molecule has 1 aliphatic rings. The molecule has 1 aliphatic heterocycles. The van der Waals surface area contributed by atoms with E-state index in [1.807, 2.05) is 6.92 Å². The highest BCUT2D eigenvalue weighted by Crippen LogP contribution is 1.99. The Morgan fingerprint density at radius 1 is 1.67 bits per heavy atom. The highest BCUT2D eigenvalue weighted by Gasteiger charge is 2.25. The minimum absolute atomic E-state index is 0.0326. The maximum absolute atomic E-state index is 11.1. The number of β-amino-alcohol motifs (C(OH)–C–C–N with tert-alkyl or cyclic N) is 1. The molecule has 4 nitrogen and oxygen atoms in total. The number of aliphatic hydroxyl groups is 1. The van der Waals surface area contributed by atoms with Gasteiger partial charge in [0, 0.05) is 19.5 Å². The van der Waals surface area contributed by atoms with Gasteiger partial charge in [0.15, 0.2) is 0 Å². The zero-order valence-electron chi connectivity index (χ0n) is 7.34. The first-order chi connectivity index (χ1) is 5.74. The molecule has 0 aromatic carbocycles. The van der Waals surface area contributed by atoms with E-state index in [1.165, 1.54) is 0 Å². The Labute approximate surface area is 72.3 Å². The summed E-state index contributed by atoms with van der Waals surface area (Å²) < 4.78 is 0. The molecule has 0 spiro atoms. The fraction of sp³-hybridized carbons (Fsp3) is 0.875. The van der Waals surface area contributed by atoms with E-state index in [4.69, 9.17) is 0 Å². The molecule has 2 unspecified atom stereocenters. The zero-order valence-corrected chi connectivity index (χ0v) is 7.34. The Kier molecular flexibility index (Phi) is 3.49. The first kappa shape index (κ1) is 9.48. The number of hydrogen-bond acceptors (Lipinski definition) is 3. The van der Waals surface area contributed by atoms with Crippen LogP contribution in [0.4, 0.5) is 0 Å². The molecule has 1 heterocycles. The number of hydrogen-bond donors (Lipinski definition) is 3. The van der Waals surface area contributed by atoms with Gasteiger partial charge in [-0.15, -0.1) is 0 Å². The lowest BCUT2D eigenvalue weighted by Gasteiger charge is -2.14. The number of amides is 1. The molecule has 1 saturated heterocycles. The molecule has 0 aliphatic carbocycles. The van der Waals surface area contributed by atoms with Crippen LogP contribution in [0.2, 0.25) is 0 Å². The van der Waals surface area contributed by atoms with Crippen LogP contribution >= 0.6 is 0 Å². The summed E-state index contributed by atoms with van der Waals surface area (Å²) in [6.45, 7) is 3.22. The quantitative estimate of drug-likeness (QED) is 0.524. The van der Waals surface area contributed by atoms with Crippen molar-refractivity contribution >= 4 is 5.91 Å². The summed E-state index contributed by atoms with van der Waals surface area (Å²) in [5.74, 6) is 0.0326. The monoisotopic (exact) mass is 172 g/mol. The minimum atomic E-state index is -0.425. The lowest BCUT2D eigenvalue weighted by molar-refractivity contribution is -0.122. The summed E-state index contributed by atoms with van der Waals surface area (Å²) in [4.78, 5) is 11.1. The van der Waals surface area contributed by atoms with E-state index < -0.39 is 6.10 Å². The van der Waals surface area contributed by atoms with Crippen LogP contribution in [0, 0.1) is 0 Å². The molecule has 0 saturated carbocycles. The molecule has 0 aromatic heterocycles. The lowest BCUT2D eigenvalue weighted by Crippen LogP contribution is -2.42. The average molecular weight is 172 g/mol. The minimum Gasteiger partial charge on any atom is -0.390 e. The number of nitrogens with one attached hydrogen (secondary N) is 2. The summed E-state index contributed by atoms with van der Waals surface area (Å²) in [6, 6.07) is -0.0935. The zero-order chi connectivity index (χ0) is 8.97. The maximum atomic E-state index is 11.1. The molecule has 2 atom stereocenters.